The van der Waals surface area contributed by atoms with Crippen LogP contribution < -0.4 is 4.74 Å². The minimum atomic E-state index is 0.00481. The van der Waals surface area contributed by atoms with Gasteiger partial charge in [0.1, 0.15) is 17.3 Å². The fourth-order valence-corrected chi connectivity index (χ4v) is 7.21. The third kappa shape index (κ3) is 4.78. The Labute approximate surface area is 291 Å². The second kappa shape index (κ2) is 10.8. The minimum Gasteiger partial charge on any atom is -0.457 e. The van der Waals surface area contributed by atoms with Gasteiger partial charge in [-0.05, 0) is 88.7 Å². The summed E-state index contributed by atoms with van der Waals surface area (Å²) in [7, 11) is 0. The molecule has 0 aliphatic carbocycles. The smallest absolute Gasteiger partial charge is 0.220 e. The second-order valence-electron chi connectivity index (χ2n) is 15.3. The molecule has 0 fully saturated rings. The van der Waals surface area contributed by atoms with Crippen LogP contribution in [0.1, 0.15) is 52.7 Å². The van der Waals surface area contributed by atoms with Crippen molar-refractivity contribution < 1.29 is 4.74 Å². The molecule has 0 unspecified atom stereocenters. The Hall–Kier alpha value is -5.88. The average molecular weight is 654 g/mol. The number of hydrogen-bond donors (Lipinski definition) is 0. The van der Waals surface area contributed by atoms with E-state index < -0.39 is 0 Å². The van der Waals surface area contributed by atoms with Gasteiger partial charge in [0.05, 0.1) is 38.8 Å². The lowest BCUT2D eigenvalue weighted by atomic mass is 9.87. The summed E-state index contributed by atoms with van der Waals surface area (Å²) in [6, 6.07) is 42.6. The quantitative estimate of drug-likeness (QED) is 0.190. The highest BCUT2D eigenvalue weighted by atomic mass is 16.5. The molecule has 0 spiro atoms. The highest BCUT2D eigenvalue weighted by Crippen LogP contribution is 2.37. The Bertz CT molecular complexity index is 2760. The normalized spacial score (nSPS) is 12.6. The SMILES string of the molecule is CC(C)(C)c1ccnc(-n2c3ccccc3c3ccc(Oc4cccc(-n5c6ccccc6n6c7cc(C(C)(C)C)ccc7nc56)c4)cc32)c1. The molecule has 4 aromatic heterocycles. The molecule has 9 aromatic rings. The molecule has 5 aromatic carbocycles. The van der Waals surface area contributed by atoms with Gasteiger partial charge in [-0.15, -0.1) is 0 Å². The number of nitrogens with zero attached hydrogens (tertiary/aromatic N) is 5. The lowest BCUT2D eigenvalue weighted by molar-refractivity contribution is 0.483. The van der Waals surface area contributed by atoms with E-state index in [0.717, 1.165) is 67.3 Å². The molecule has 0 saturated carbocycles. The first-order chi connectivity index (χ1) is 24.0. The molecule has 0 N–H and O–H groups in total. The minimum absolute atomic E-state index is 0.00481. The van der Waals surface area contributed by atoms with E-state index in [1.807, 2.05) is 18.3 Å². The summed E-state index contributed by atoms with van der Waals surface area (Å²) in [4.78, 5) is 10.00. The number of fused-ring (bicyclic) bond motifs is 8. The molecule has 0 saturated heterocycles. The third-order valence-electron chi connectivity index (χ3n) is 9.86. The Morgan fingerprint density at radius 2 is 1.22 bits per heavy atom. The first kappa shape index (κ1) is 30.2. The average Bonchev–Trinajstić information content (AvgIpc) is 3.74. The van der Waals surface area contributed by atoms with Crippen LogP contribution in [0.25, 0.3) is 61.2 Å². The maximum Gasteiger partial charge on any atom is 0.220 e. The Morgan fingerprint density at radius 3 is 2.02 bits per heavy atom. The first-order valence-corrected chi connectivity index (χ1v) is 17.3. The maximum absolute atomic E-state index is 6.65. The predicted octanol–water partition coefficient (Wildman–Crippen LogP) is 11.3. The van der Waals surface area contributed by atoms with Crippen LogP contribution in [-0.2, 0) is 10.8 Å². The molecule has 0 atom stereocenters. The van der Waals surface area contributed by atoms with Crippen molar-refractivity contribution in [2.24, 2.45) is 0 Å². The van der Waals surface area contributed by atoms with E-state index in [9.17, 15) is 0 Å². The van der Waals surface area contributed by atoms with Crippen LogP contribution in [-0.4, -0.2) is 23.5 Å². The summed E-state index contributed by atoms with van der Waals surface area (Å²) in [6.07, 6.45) is 1.91. The van der Waals surface area contributed by atoms with Gasteiger partial charge in [-0.3, -0.25) is 13.5 Å². The summed E-state index contributed by atoms with van der Waals surface area (Å²) in [5, 5.41) is 2.34. The topological polar surface area (TPSA) is 49.3 Å². The molecular weight excluding hydrogens is 615 g/mol. The number of benzene rings is 5. The van der Waals surface area contributed by atoms with E-state index in [4.69, 9.17) is 14.7 Å². The largest absolute Gasteiger partial charge is 0.457 e. The molecule has 4 heterocycles. The Balaban J connectivity index is 1.16. The van der Waals surface area contributed by atoms with Gasteiger partial charge in [0.2, 0.25) is 5.78 Å². The predicted molar refractivity (Wildman–Crippen MR) is 206 cm³/mol. The highest BCUT2D eigenvalue weighted by Gasteiger charge is 2.21. The van der Waals surface area contributed by atoms with Crippen LogP contribution >= 0.6 is 0 Å². The summed E-state index contributed by atoms with van der Waals surface area (Å²) < 4.78 is 13.4. The molecule has 246 valence electrons. The fraction of sp³-hybridized carbons (Fsp3) is 0.182. The van der Waals surface area contributed by atoms with Crippen molar-refractivity contribution in [2.45, 2.75) is 52.4 Å². The molecule has 0 bridgehead atoms. The summed E-state index contributed by atoms with van der Waals surface area (Å²) in [5.41, 5.74) is 10.0. The van der Waals surface area contributed by atoms with E-state index in [0.29, 0.717) is 0 Å². The van der Waals surface area contributed by atoms with Crippen molar-refractivity contribution in [3.63, 3.8) is 0 Å². The van der Waals surface area contributed by atoms with E-state index in [2.05, 4.69) is 164 Å². The van der Waals surface area contributed by atoms with Crippen molar-refractivity contribution in [1.29, 1.82) is 0 Å². The van der Waals surface area contributed by atoms with Crippen molar-refractivity contribution in [3.8, 4) is 23.0 Å². The first-order valence-electron chi connectivity index (χ1n) is 17.3. The van der Waals surface area contributed by atoms with E-state index in [-0.39, 0.29) is 10.8 Å². The van der Waals surface area contributed by atoms with E-state index in [1.165, 1.54) is 16.5 Å². The highest BCUT2D eigenvalue weighted by molar-refractivity contribution is 6.09. The molecule has 6 heteroatoms. The molecule has 9 rings (SSSR count). The van der Waals surface area contributed by atoms with Gasteiger partial charge in [0, 0.05) is 29.1 Å². The second-order valence-corrected chi connectivity index (χ2v) is 15.3. The van der Waals surface area contributed by atoms with Crippen molar-refractivity contribution in [1.82, 2.24) is 23.5 Å². The lowest BCUT2D eigenvalue weighted by Crippen LogP contribution is -2.12. The van der Waals surface area contributed by atoms with Gasteiger partial charge in [-0.1, -0.05) is 84.0 Å². The fourth-order valence-electron chi connectivity index (χ4n) is 7.21. The van der Waals surface area contributed by atoms with Crippen LogP contribution in [0, 0.1) is 0 Å². The number of ether oxygens (including phenoxy) is 1. The van der Waals surface area contributed by atoms with Crippen LogP contribution in [0.3, 0.4) is 0 Å². The molecule has 0 aliphatic heterocycles. The zero-order valence-electron chi connectivity index (χ0n) is 29.3. The molecule has 0 amide bonds. The standard InChI is InChI=1S/C44H39N5O/c1-43(2,3)28-18-21-35-40(24-28)49-38-17-10-9-16-37(38)47(42(49)46-35)30-12-11-13-31(26-30)50-32-19-20-34-33-14-7-8-15-36(33)48(39(34)27-32)41-25-29(22-23-45-41)44(4,5)6/h7-27H,1-6H3. The number of imidazole rings is 2. The number of pyridine rings is 1. The number of hydrogen-bond acceptors (Lipinski definition) is 3. The molecule has 6 nitrogen and oxygen atoms in total. The van der Waals surface area contributed by atoms with Crippen LogP contribution in [0.2, 0.25) is 0 Å². The van der Waals surface area contributed by atoms with E-state index in [1.54, 1.807) is 0 Å². The van der Waals surface area contributed by atoms with Crippen molar-refractivity contribution >= 4 is 49.7 Å². The summed E-state index contributed by atoms with van der Waals surface area (Å²) in [6.45, 7) is 13.5. The molecule has 0 aliphatic rings. The van der Waals surface area contributed by atoms with Gasteiger partial charge in [-0.25, -0.2) is 9.97 Å². The van der Waals surface area contributed by atoms with Gasteiger partial charge >= 0.3 is 0 Å². The summed E-state index contributed by atoms with van der Waals surface area (Å²) >= 11 is 0. The lowest BCUT2D eigenvalue weighted by Gasteiger charge is -2.20. The van der Waals surface area contributed by atoms with Crippen molar-refractivity contribution in [3.05, 3.63) is 139 Å². The van der Waals surface area contributed by atoms with Crippen LogP contribution in [0.5, 0.6) is 11.5 Å². The van der Waals surface area contributed by atoms with Gasteiger partial charge in [-0.2, -0.15) is 0 Å². The zero-order chi connectivity index (χ0) is 34.4. The molecule has 0 radical (unpaired) electrons. The number of rotatable bonds is 4. The van der Waals surface area contributed by atoms with Crippen LogP contribution in [0.4, 0.5) is 0 Å². The Morgan fingerprint density at radius 1 is 0.520 bits per heavy atom. The van der Waals surface area contributed by atoms with Gasteiger partial charge < -0.3 is 4.74 Å². The third-order valence-corrected chi connectivity index (χ3v) is 9.86. The van der Waals surface area contributed by atoms with Gasteiger partial charge in [0.15, 0.2) is 0 Å². The number of para-hydroxylation sites is 3. The van der Waals surface area contributed by atoms with Crippen LogP contribution in [0.15, 0.2) is 128 Å². The van der Waals surface area contributed by atoms with E-state index >= 15 is 0 Å². The van der Waals surface area contributed by atoms with Crippen molar-refractivity contribution in [2.75, 3.05) is 0 Å². The van der Waals surface area contributed by atoms with Gasteiger partial charge in [0.25, 0.3) is 0 Å². The Kier molecular flexibility index (Phi) is 6.53. The molecular formula is C44H39N5O. The monoisotopic (exact) mass is 653 g/mol. The summed E-state index contributed by atoms with van der Waals surface area (Å²) in [5.74, 6) is 3.28. The zero-order valence-corrected chi connectivity index (χ0v) is 29.3. The number of aromatic nitrogens is 5. The molecule has 50 heavy (non-hydrogen) atoms. The maximum atomic E-state index is 6.65.